The Morgan fingerprint density at radius 1 is 1.08 bits per heavy atom. The van der Waals surface area contributed by atoms with Gasteiger partial charge in [0, 0.05) is 5.56 Å². The zero-order valence-electron chi connectivity index (χ0n) is 13.8. The highest BCUT2D eigenvalue weighted by Crippen LogP contribution is 2.26. The number of ether oxygens (including phenoxy) is 1. The lowest BCUT2D eigenvalue weighted by Gasteiger charge is -2.03. The molecule has 0 saturated heterocycles. The Balaban J connectivity index is 1.46. The first-order valence-electron chi connectivity index (χ1n) is 7.83. The summed E-state index contributed by atoms with van der Waals surface area (Å²) in [4.78, 5) is 16.9. The van der Waals surface area contributed by atoms with Crippen molar-refractivity contribution in [1.82, 2.24) is 15.2 Å². The van der Waals surface area contributed by atoms with Gasteiger partial charge in [-0.15, -0.1) is 21.5 Å². The van der Waals surface area contributed by atoms with Gasteiger partial charge in [-0.25, -0.2) is 4.98 Å². The molecule has 6 nitrogen and oxygen atoms in total. The second-order valence-electron chi connectivity index (χ2n) is 5.44. The van der Waals surface area contributed by atoms with Gasteiger partial charge in [-0.2, -0.15) is 0 Å². The maximum absolute atomic E-state index is 12.3. The van der Waals surface area contributed by atoms with Crippen molar-refractivity contribution in [3.05, 3.63) is 64.1 Å². The number of nitrogens with one attached hydrogen (secondary N) is 1. The Labute approximate surface area is 157 Å². The number of aromatic nitrogens is 3. The summed E-state index contributed by atoms with van der Waals surface area (Å²) >= 11 is 2.99. The quantitative estimate of drug-likeness (QED) is 0.564. The second kappa shape index (κ2) is 7.19. The molecular weight excluding hydrogens is 368 g/mol. The predicted octanol–water partition coefficient (Wildman–Crippen LogP) is 4.00. The molecule has 8 heteroatoms. The fraction of sp³-hybridized carbons (Fsp3) is 0.111. The van der Waals surface area contributed by atoms with E-state index in [1.165, 1.54) is 11.3 Å². The normalized spacial score (nSPS) is 10.8. The zero-order valence-corrected chi connectivity index (χ0v) is 15.4. The molecule has 0 aliphatic carbocycles. The number of hydrogen-bond donors (Lipinski definition) is 1. The van der Waals surface area contributed by atoms with Crippen molar-refractivity contribution >= 4 is 43.9 Å². The molecule has 2 heterocycles. The highest BCUT2D eigenvalue weighted by Gasteiger charge is 2.13. The summed E-state index contributed by atoms with van der Waals surface area (Å²) in [5.74, 6) is 0.387. The summed E-state index contributed by atoms with van der Waals surface area (Å²) in [6.45, 7) is 0. The van der Waals surface area contributed by atoms with Crippen LogP contribution in [0.1, 0.15) is 20.4 Å². The number of methoxy groups -OCH3 is 1. The summed E-state index contributed by atoms with van der Waals surface area (Å²) in [6.07, 6.45) is 0.603. The first-order valence-corrected chi connectivity index (χ1v) is 9.47. The van der Waals surface area contributed by atoms with E-state index in [-0.39, 0.29) is 5.91 Å². The van der Waals surface area contributed by atoms with Crippen LogP contribution in [0.15, 0.2) is 48.5 Å². The lowest BCUT2D eigenvalue weighted by atomic mass is 10.2. The molecule has 0 aliphatic heterocycles. The molecule has 4 rings (SSSR count). The van der Waals surface area contributed by atoms with Crippen LogP contribution >= 0.6 is 22.7 Å². The van der Waals surface area contributed by atoms with Crippen molar-refractivity contribution in [1.29, 1.82) is 0 Å². The molecular formula is C18H14N4O2S2. The van der Waals surface area contributed by atoms with E-state index in [4.69, 9.17) is 4.74 Å². The number of thiazole rings is 1. The molecule has 0 fully saturated rings. The molecule has 4 aromatic rings. The molecule has 0 bridgehead atoms. The maximum atomic E-state index is 12.3. The number of rotatable bonds is 5. The summed E-state index contributed by atoms with van der Waals surface area (Å²) in [7, 11) is 1.57. The smallest absolute Gasteiger partial charge is 0.257 e. The molecule has 2 aromatic heterocycles. The standard InChI is InChI=1S/C18H14N4O2S2/c1-24-12-6-4-5-11(9-12)17(23)20-18-22-21-16(26-18)10-15-19-13-7-2-3-8-14(13)25-15/h2-9H,10H2,1H3,(H,20,22,23). The molecule has 0 spiro atoms. The van der Waals surface area contributed by atoms with E-state index in [2.05, 4.69) is 26.6 Å². The monoisotopic (exact) mass is 382 g/mol. The van der Waals surface area contributed by atoms with E-state index >= 15 is 0 Å². The van der Waals surface area contributed by atoms with E-state index in [0.717, 1.165) is 20.2 Å². The van der Waals surface area contributed by atoms with Crippen molar-refractivity contribution in [2.75, 3.05) is 12.4 Å². The molecule has 0 unspecified atom stereocenters. The summed E-state index contributed by atoms with van der Waals surface area (Å²) in [5, 5.41) is 13.2. The highest BCUT2D eigenvalue weighted by atomic mass is 32.1. The van der Waals surface area contributed by atoms with Crippen molar-refractivity contribution in [2.45, 2.75) is 6.42 Å². The Bertz CT molecular complexity index is 1040. The van der Waals surface area contributed by atoms with E-state index in [0.29, 0.717) is 22.9 Å². The third-order valence-electron chi connectivity index (χ3n) is 3.66. The summed E-state index contributed by atoms with van der Waals surface area (Å²) < 4.78 is 6.29. The molecule has 0 atom stereocenters. The van der Waals surface area contributed by atoms with E-state index in [9.17, 15) is 4.79 Å². The Morgan fingerprint density at radius 3 is 2.81 bits per heavy atom. The number of carbonyl (C=O) groups is 1. The minimum atomic E-state index is -0.244. The SMILES string of the molecule is COc1cccc(C(=O)Nc2nnc(Cc3nc4ccccc4s3)s2)c1. The Morgan fingerprint density at radius 2 is 1.96 bits per heavy atom. The van der Waals surface area contributed by atoms with E-state index in [1.807, 2.05) is 18.2 Å². The van der Waals surface area contributed by atoms with Gasteiger partial charge in [0.1, 0.15) is 15.8 Å². The van der Waals surface area contributed by atoms with Crippen molar-refractivity contribution < 1.29 is 9.53 Å². The van der Waals surface area contributed by atoms with Crippen LogP contribution in [0, 0.1) is 0 Å². The molecule has 1 N–H and O–H groups in total. The van der Waals surface area contributed by atoms with Gasteiger partial charge in [-0.05, 0) is 30.3 Å². The number of benzene rings is 2. The van der Waals surface area contributed by atoms with Gasteiger partial charge in [-0.3, -0.25) is 10.1 Å². The van der Waals surface area contributed by atoms with Gasteiger partial charge in [0.05, 0.1) is 23.7 Å². The third-order valence-corrected chi connectivity index (χ3v) is 5.53. The number of nitrogens with zero attached hydrogens (tertiary/aromatic N) is 3. The lowest BCUT2D eigenvalue weighted by molar-refractivity contribution is 0.102. The number of fused-ring (bicyclic) bond motifs is 1. The molecule has 130 valence electrons. The van der Waals surface area contributed by atoms with Crippen LogP contribution in [0.4, 0.5) is 5.13 Å². The molecule has 0 radical (unpaired) electrons. The average molecular weight is 382 g/mol. The first-order chi connectivity index (χ1) is 12.7. The number of amides is 1. The summed E-state index contributed by atoms with van der Waals surface area (Å²) in [5.41, 5.74) is 1.50. The molecule has 26 heavy (non-hydrogen) atoms. The van der Waals surface area contributed by atoms with E-state index < -0.39 is 0 Å². The first kappa shape index (κ1) is 16.6. The largest absolute Gasteiger partial charge is 0.497 e. The van der Waals surface area contributed by atoms with Crippen LogP contribution in [0.5, 0.6) is 5.75 Å². The van der Waals surface area contributed by atoms with E-state index in [1.54, 1.807) is 42.7 Å². The van der Waals surface area contributed by atoms with Gasteiger partial charge in [0.2, 0.25) is 5.13 Å². The fourth-order valence-corrected chi connectivity index (χ4v) is 4.24. The fourth-order valence-electron chi connectivity index (χ4n) is 2.43. The second-order valence-corrected chi connectivity index (χ2v) is 7.62. The molecule has 2 aromatic carbocycles. The van der Waals surface area contributed by atoms with Crippen molar-refractivity contribution in [3.8, 4) is 5.75 Å². The van der Waals surface area contributed by atoms with Gasteiger partial charge in [0.15, 0.2) is 0 Å². The molecule has 0 saturated carbocycles. The van der Waals surface area contributed by atoms with Crippen molar-refractivity contribution in [2.24, 2.45) is 0 Å². The van der Waals surface area contributed by atoms with Crippen molar-refractivity contribution in [3.63, 3.8) is 0 Å². The summed E-state index contributed by atoms with van der Waals surface area (Å²) in [6, 6.07) is 15.0. The van der Waals surface area contributed by atoms with Crippen LogP contribution in [-0.2, 0) is 6.42 Å². The van der Waals surface area contributed by atoms with Crippen LogP contribution in [0.2, 0.25) is 0 Å². The number of hydrogen-bond acceptors (Lipinski definition) is 7. The van der Waals surface area contributed by atoms with Gasteiger partial charge in [-0.1, -0.05) is 29.5 Å². The highest BCUT2D eigenvalue weighted by molar-refractivity contribution is 7.19. The zero-order chi connectivity index (χ0) is 17.9. The molecule has 0 aliphatic rings. The Hall–Kier alpha value is -2.84. The van der Waals surface area contributed by atoms with Crippen LogP contribution in [0.3, 0.4) is 0 Å². The topological polar surface area (TPSA) is 77.0 Å². The van der Waals surface area contributed by atoms with Gasteiger partial charge in [0.25, 0.3) is 5.91 Å². The van der Waals surface area contributed by atoms with Crippen LogP contribution < -0.4 is 10.1 Å². The van der Waals surface area contributed by atoms with Crippen LogP contribution in [0.25, 0.3) is 10.2 Å². The van der Waals surface area contributed by atoms with Gasteiger partial charge >= 0.3 is 0 Å². The maximum Gasteiger partial charge on any atom is 0.257 e. The molecule has 1 amide bonds. The lowest BCUT2D eigenvalue weighted by Crippen LogP contribution is -2.11. The number of anilines is 1. The average Bonchev–Trinajstić information content (AvgIpc) is 3.28. The predicted molar refractivity (Wildman–Crippen MR) is 103 cm³/mol. The van der Waals surface area contributed by atoms with Gasteiger partial charge < -0.3 is 4.74 Å². The number of carbonyl (C=O) groups excluding carboxylic acids is 1. The number of para-hydroxylation sites is 1. The minimum absolute atomic E-state index is 0.244. The minimum Gasteiger partial charge on any atom is -0.497 e. The Kier molecular flexibility index (Phi) is 4.59. The van der Waals surface area contributed by atoms with Crippen LogP contribution in [-0.4, -0.2) is 28.2 Å². The third kappa shape index (κ3) is 3.56.